The van der Waals surface area contributed by atoms with Crippen LogP contribution in [0.4, 0.5) is 11.4 Å². The SMILES string of the molecule is O=C(NCC1(c2ccsc2)CCCC1)C(=O)Nc1ccc2c(c1)N(S(=O)(=O)c1cccs1)CCC2. The number of hydrogen-bond donors (Lipinski definition) is 2. The second kappa shape index (κ2) is 9.75. The van der Waals surface area contributed by atoms with Gasteiger partial charge in [-0.05, 0) is 77.2 Å². The Labute approximate surface area is 213 Å². The van der Waals surface area contributed by atoms with Crippen molar-refractivity contribution in [3.63, 3.8) is 0 Å². The molecule has 1 aromatic carbocycles. The summed E-state index contributed by atoms with van der Waals surface area (Å²) < 4.78 is 28.0. The highest BCUT2D eigenvalue weighted by Crippen LogP contribution is 2.41. The van der Waals surface area contributed by atoms with E-state index in [-0.39, 0.29) is 9.62 Å². The summed E-state index contributed by atoms with van der Waals surface area (Å²) >= 11 is 2.82. The lowest BCUT2D eigenvalue weighted by atomic mass is 9.80. The van der Waals surface area contributed by atoms with Crippen LogP contribution in [0.3, 0.4) is 0 Å². The van der Waals surface area contributed by atoms with Crippen molar-refractivity contribution in [3.05, 3.63) is 63.7 Å². The number of hydrogen-bond acceptors (Lipinski definition) is 6. The van der Waals surface area contributed by atoms with Crippen molar-refractivity contribution in [1.29, 1.82) is 0 Å². The molecule has 0 radical (unpaired) electrons. The molecule has 1 aliphatic carbocycles. The maximum atomic E-state index is 13.2. The lowest BCUT2D eigenvalue weighted by Crippen LogP contribution is -2.43. The monoisotopic (exact) mass is 529 g/mol. The lowest BCUT2D eigenvalue weighted by molar-refractivity contribution is -0.136. The van der Waals surface area contributed by atoms with Crippen LogP contribution in [0.1, 0.15) is 43.2 Å². The van der Waals surface area contributed by atoms with Gasteiger partial charge < -0.3 is 10.6 Å². The molecule has 3 heterocycles. The molecule has 0 unspecified atom stereocenters. The fourth-order valence-electron chi connectivity index (χ4n) is 5.09. The topological polar surface area (TPSA) is 95.6 Å². The average molecular weight is 530 g/mol. The zero-order valence-electron chi connectivity index (χ0n) is 19.2. The molecule has 2 aromatic heterocycles. The van der Waals surface area contributed by atoms with Crippen LogP contribution in [-0.2, 0) is 31.4 Å². The zero-order valence-corrected chi connectivity index (χ0v) is 21.6. The molecular formula is C25H27N3O4S3. The summed E-state index contributed by atoms with van der Waals surface area (Å²) in [4.78, 5) is 25.3. The Morgan fingerprint density at radius 1 is 1.03 bits per heavy atom. The molecule has 3 aromatic rings. The van der Waals surface area contributed by atoms with Crippen molar-refractivity contribution >= 4 is 55.9 Å². The Morgan fingerprint density at radius 3 is 2.57 bits per heavy atom. The molecule has 1 saturated carbocycles. The number of rotatable bonds is 6. The zero-order chi connectivity index (χ0) is 24.5. The van der Waals surface area contributed by atoms with Gasteiger partial charge in [0.1, 0.15) is 4.21 Å². The Morgan fingerprint density at radius 2 is 1.86 bits per heavy atom. The minimum absolute atomic E-state index is 0.113. The van der Waals surface area contributed by atoms with Crippen molar-refractivity contribution in [1.82, 2.24) is 5.32 Å². The van der Waals surface area contributed by atoms with Gasteiger partial charge in [-0.1, -0.05) is 25.0 Å². The first kappa shape index (κ1) is 24.0. The number of nitrogens with one attached hydrogen (secondary N) is 2. The fourth-order valence-corrected chi connectivity index (χ4v) is 8.51. The Balaban J connectivity index is 1.29. The smallest absolute Gasteiger partial charge is 0.313 e. The van der Waals surface area contributed by atoms with Gasteiger partial charge in [-0.25, -0.2) is 8.42 Å². The molecule has 2 amide bonds. The van der Waals surface area contributed by atoms with Crippen molar-refractivity contribution in [3.8, 4) is 0 Å². The quantitative estimate of drug-likeness (QED) is 0.459. The molecule has 2 N–H and O–H groups in total. The van der Waals surface area contributed by atoms with Gasteiger partial charge in [-0.3, -0.25) is 13.9 Å². The number of carbonyl (C=O) groups is 2. The van der Waals surface area contributed by atoms with Gasteiger partial charge in [0.2, 0.25) is 0 Å². The third-order valence-electron chi connectivity index (χ3n) is 6.95. The first-order valence-electron chi connectivity index (χ1n) is 11.7. The molecule has 0 spiro atoms. The predicted molar refractivity (Wildman–Crippen MR) is 140 cm³/mol. The maximum Gasteiger partial charge on any atom is 0.313 e. The van der Waals surface area contributed by atoms with E-state index in [1.807, 2.05) is 11.4 Å². The Bertz CT molecular complexity index is 1310. The van der Waals surface area contributed by atoms with E-state index < -0.39 is 21.8 Å². The summed E-state index contributed by atoms with van der Waals surface area (Å²) in [5, 5.41) is 11.4. The Kier molecular flexibility index (Phi) is 6.69. The van der Waals surface area contributed by atoms with Gasteiger partial charge in [0.05, 0.1) is 5.69 Å². The number of fused-ring (bicyclic) bond motifs is 1. The molecule has 7 nitrogen and oxygen atoms in total. The molecule has 184 valence electrons. The summed E-state index contributed by atoms with van der Waals surface area (Å²) in [6, 6.07) is 10.6. The van der Waals surface area contributed by atoms with Gasteiger partial charge in [-0.15, -0.1) is 11.3 Å². The largest absolute Gasteiger partial charge is 0.347 e. The number of amides is 2. The number of sulfonamides is 1. The molecule has 1 fully saturated rings. The molecule has 5 rings (SSSR count). The Hall–Kier alpha value is -2.69. The van der Waals surface area contributed by atoms with Crippen molar-refractivity contribution in [2.75, 3.05) is 22.7 Å². The predicted octanol–water partition coefficient (Wildman–Crippen LogP) is 4.52. The standard InChI is InChI=1S/C25H27N3O4S3/c29-23(26-17-25(10-1-2-11-25)19-9-14-33-16-19)24(30)27-20-8-7-18-5-3-12-28(21(18)15-20)35(31,32)22-6-4-13-34-22/h4,6-9,13-16H,1-3,5,10-12,17H2,(H,26,29)(H,27,30). The van der Waals surface area contributed by atoms with E-state index in [9.17, 15) is 18.0 Å². The van der Waals surface area contributed by atoms with E-state index >= 15 is 0 Å². The number of carbonyl (C=O) groups excluding carboxylic acids is 2. The van der Waals surface area contributed by atoms with Gasteiger partial charge in [0.15, 0.2) is 0 Å². The van der Waals surface area contributed by atoms with Gasteiger partial charge in [0.25, 0.3) is 10.0 Å². The number of benzene rings is 1. The minimum Gasteiger partial charge on any atom is -0.347 e. The van der Waals surface area contributed by atoms with Crippen LogP contribution in [0, 0.1) is 0 Å². The third kappa shape index (κ3) is 4.74. The first-order chi connectivity index (χ1) is 16.9. The molecule has 0 saturated heterocycles. The first-order valence-corrected chi connectivity index (χ1v) is 15.0. The van der Waals surface area contributed by atoms with E-state index in [1.54, 1.807) is 41.0 Å². The summed E-state index contributed by atoms with van der Waals surface area (Å²) in [6.45, 7) is 0.794. The number of nitrogens with zero attached hydrogens (tertiary/aromatic N) is 1. The lowest BCUT2D eigenvalue weighted by Gasteiger charge is -2.30. The number of anilines is 2. The van der Waals surface area contributed by atoms with Gasteiger partial charge in [-0.2, -0.15) is 11.3 Å². The van der Waals surface area contributed by atoms with Crippen molar-refractivity contribution < 1.29 is 18.0 Å². The molecular weight excluding hydrogens is 502 g/mol. The summed E-state index contributed by atoms with van der Waals surface area (Å²) in [6.07, 6.45) is 5.68. The van der Waals surface area contributed by atoms with Crippen molar-refractivity contribution in [2.45, 2.75) is 48.1 Å². The number of aryl methyl sites for hydroxylation is 1. The van der Waals surface area contributed by atoms with Crippen LogP contribution in [0.2, 0.25) is 0 Å². The van der Waals surface area contributed by atoms with Gasteiger partial charge in [0, 0.05) is 24.2 Å². The van der Waals surface area contributed by atoms with E-state index in [0.717, 1.165) is 44.1 Å². The maximum absolute atomic E-state index is 13.2. The minimum atomic E-state index is -3.68. The normalized spacial score (nSPS) is 17.1. The highest BCUT2D eigenvalue weighted by atomic mass is 32.2. The van der Waals surface area contributed by atoms with Crippen LogP contribution in [0.5, 0.6) is 0 Å². The van der Waals surface area contributed by atoms with Gasteiger partial charge >= 0.3 is 11.8 Å². The van der Waals surface area contributed by atoms with E-state index in [1.165, 1.54) is 21.2 Å². The van der Waals surface area contributed by atoms with E-state index in [0.29, 0.717) is 24.5 Å². The van der Waals surface area contributed by atoms with Crippen LogP contribution < -0.4 is 14.9 Å². The van der Waals surface area contributed by atoms with E-state index in [4.69, 9.17) is 0 Å². The average Bonchev–Trinajstić information content (AvgIpc) is 3.64. The molecule has 1 aliphatic heterocycles. The molecule has 2 aliphatic rings. The third-order valence-corrected chi connectivity index (χ3v) is 10.8. The molecule has 35 heavy (non-hydrogen) atoms. The van der Waals surface area contributed by atoms with E-state index in [2.05, 4.69) is 22.1 Å². The summed E-state index contributed by atoms with van der Waals surface area (Å²) in [7, 11) is -3.68. The second-order valence-corrected chi connectivity index (χ2v) is 12.9. The summed E-state index contributed by atoms with van der Waals surface area (Å²) in [5.41, 5.74) is 2.95. The summed E-state index contributed by atoms with van der Waals surface area (Å²) in [5.74, 6) is -1.45. The highest BCUT2D eigenvalue weighted by molar-refractivity contribution is 7.94. The molecule has 10 heteroatoms. The molecule has 0 bridgehead atoms. The van der Waals surface area contributed by atoms with Crippen molar-refractivity contribution in [2.24, 2.45) is 0 Å². The highest BCUT2D eigenvalue weighted by Gasteiger charge is 2.37. The van der Waals surface area contributed by atoms with Crippen LogP contribution in [-0.4, -0.2) is 33.3 Å². The second-order valence-electron chi connectivity index (χ2n) is 9.09. The fraction of sp³-hybridized carbons (Fsp3) is 0.360. The molecule has 0 atom stereocenters. The van der Waals surface area contributed by atoms with Crippen LogP contribution in [0.15, 0.2) is 56.7 Å². The van der Waals surface area contributed by atoms with Crippen LogP contribution in [0.25, 0.3) is 0 Å². The number of thiophene rings is 2. The van der Waals surface area contributed by atoms with Crippen LogP contribution >= 0.6 is 22.7 Å².